The van der Waals surface area contributed by atoms with Crippen LogP contribution in [0.5, 0.6) is 11.5 Å². The lowest BCUT2D eigenvalue weighted by atomic mass is 10.0. The molecule has 0 radical (unpaired) electrons. The van der Waals surface area contributed by atoms with Crippen molar-refractivity contribution in [2.24, 2.45) is 0 Å². The van der Waals surface area contributed by atoms with Gasteiger partial charge in [-0.3, -0.25) is 0 Å². The first-order valence-electron chi connectivity index (χ1n) is 5.92. The highest BCUT2D eigenvalue weighted by atomic mass is 16.5. The predicted octanol–water partition coefficient (Wildman–Crippen LogP) is 2.67. The zero-order valence-electron chi connectivity index (χ0n) is 11.7. The molecule has 6 nitrogen and oxygen atoms in total. The van der Waals surface area contributed by atoms with Crippen molar-refractivity contribution in [2.75, 3.05) is 14.2 Å². The number of aromatic carboxylic acids is 1. The molecule has 0 aliphatic heterocycles. The molecule has 0 saturated heterocycles. The van der Waals surface area contributed by atoms with Gasteiger partial charge in [-0.15, -0.1) is 0 Å². The van der Waals surface area contributed by atoms with E-state index in [0.717, 1.165) is 5.56 Å². The highest BCUT2D eigenvalue weighted by Crippen LogP contribution is 2.38. The molecule has 1 aromatic carbocycles. The fourth-order valence-electron chi connectivity index (χ4n) is 2.03. The second-order valence-electron chi connectivity index (χ2n) is 4.30. The van der Waals surface area contributed by atoms with Gasteiger partial charge in [-0.1, -0.05) is 5.16 Å². The van der Waals surface area contributed by atoms with Crippen LogP contribution in [0.2, 0.25) is 0 Å². The van der Waals surface area contributed by atoms with Crippen molar-refractivity contribution in [3.05, 3.63) is 29.0 Å². The Hall–Kier alpha value is -2.50. The summed E-state index contributed by atoms with van der Waals surface area (Å²) in [6.07, 6.45) is 0. The fraction of sp³-hybridized carbons (Fsp3) is 0.286. The topological polar surface area (TPSA) is 81.8 Å². The van der Waals surface area contributed by atoms with E-state index in [1.165, 1.54) is 7.11 Å². The maximum atomic E-state index is 11.3. The van der Waals surface area contributed by atoms with Crippen LogP contribution in [0.15, 0.2) is 16.7 Å². The van der Waals surface area contributed by atoms with Crippen LogP contribution in [0.25, 0.3) is 11.3 Å². The quantitative estimate of drug-likeness (QED) is 0.925. The van der Waals surface area contributed by atoms with E-state index >= 15 is 0 Å². The van der Waals surface area contributed by atoms with E-state index in [0.29, 0.717) is 22.8 Å². The van der Waals surface area contributed by atoms with Crippen LogP contribution in [0, 0.1) is 13.8 Å². The highest BCUT2D eigenvalue weighted by Gasteiger charge is 2.24. The Bertz CT molecular complexity index is 660. The number of carbonyl (C=O) groups is 1. The predicted molar refractivity (Wildman–Crippen MR) is 71.5 cm³/mol. The number of carboxylic acids is 1. The van der Waals surface area contributed by atoms with Crippen molar-refractivity contribution < 1.29 is 23.9 Å². The molecule has 0 amide bonds. The number of carboxylic acid groups (broad SMARTS) is 1. The van der Waals surface area contributed by atoms with Crippen molar-refractivity contribution in [3.8, 4) is 22.8 Å². The minimum absolute atomic E-state index is 0.0224. The normalized spacial score (nSPS) is 10.4. The number of hydrogen-bond acceptors (Lipinski definition) is 5. The van der Waals surface area contributed by atoms with Gasteiger partial charge in [-0.25, -0.2) is 4.79 Å². The summed E-state index contributed by atoms with van der Waals surface area (Å²) in [4.78, 5) is 11.3. The Morgan fingerprint density at radius 2 is 1.85 bits per heavy atom. The minimum Gasteiger partial charge on any atom is -0.496 e. The highest BCUT2D eigenvalue weighted by molar-refractivity contribution is 5.96. The summed E-state index contributed by atoms with van der Waals surface area (Å²) < 4.78 is 15.7. The van der Waals surface area contributed by atoms with Crippen LogP contribution in [0.3, 0.4) is 0 Å². The number of aromatic nitrogens is 1. The van der Waals surface area contributed by atoms with Crippen LogP contribution >= 0.6 is 0 Å². The molecule has 0 spiro atoms. The van der Waals surface area contributed by atoms with Crippen LogP contribution in [-0.2, 0) is 0 Å². The summed E-state index contributed by atoms with van der Waals surface area (Å²) in [7, 11) is 3.05. The molecule has 20 heavy (non-hydrogen) atoms. The van der Waals surface area contributed by atoms with Gasteiger partial charge in [0.25, 0.3) is 0 Å². The van der Waals surface area contributed by atoms with Crippen LogP contribution in [-0.4, -0.2) is 30.5 Å². The third kappa shape index (κ3) is 2.20. The molecule has 6 heteroatoms. The number of aryl methyl sites for hydroxylation is 2. The fourth-order valence-corrected chi connectivity index (χ4v) is 2.03. The molecule has 0 aliphatic rings. The SMILES string of the molecule is COc1cc(-c2onc(C)c2C(=O)O)c(OC)cc1C. The molecule has 2 rings (SSSR count). The van der Waals surface area contributed by atoms with Gasteiger partial charge >= 0.3 is 5.97 Å². The zero-order valence-corrected chi connectivity index (χ0v) is 11.7. The molecule has 0 saturated carbocycles. The summed E-state index contributed by atoms with van der Waals surface area (Å²) >= 11 is 0. The average Bonchev–Trinajstić information content (AvgIpc) is 2.80. The van der Waals surface area contributed by atoms with E-state index in [1.807, 2.05) is 6.92 Å². The first kappa shape index (κ1) is 13.9. The van der Waals surface area contributed by atoms with Crippen LogP contribution in [0.4, 0.5) is 0 Å². The van der Waals surface area contributed by atoms with E-state index in [4.69, 9.17) is 14.0 Å². The molecule has 0 unspecified atom stereocenters. The van der Waals surface area contributed by atoms with Crippen molar-refractivity contribution >= 4 is 5.97 Å². The zero-order chi connectivity index (χ0) is 14.9. The van der Waals surface area contributed by atoms with Gasteiger partial charge in [-0.2, -0.15) is 0 Å². The largest absolute Gasteiger partial charge is 0.496 e. The molecule has 106 valence electrons. The molecular formula is C14H15NO5. The third-order valence-corrected chi connectivity index (χ3v) is 3.04. The van der Waals surface area contributed by atoms with Crippen LogP contribution in [0.1, 0.15) is 21.6 Å². The molecule has 1 heterocycles. The average molecular weight is 277 g/mol. The standard InChI is InChI=1S/C14H15NO5/c1-7-5-11(19-4)9(6-10(7)18-3)13-12(14(16)17)8(2)15-20-13/h5-6H,1-4H3,(H,16,17). The van der Waals surface area contributed by atoms with Gasteiger partial charge in [-0.05, 0) is 31.5 Å². The van der Waals surface area contributed by atoms with E-state index in [9.17, 15) is 9.90 Å². The van der Waals surface area contributed by atoms with Gasteiger partial charge < -0.3 is 19.1 Å². The molecule has 0 atom stereocenters. The number of benzene rings is 1. The van der Waals surface area contributed by atoms with Crippen molar-refractivity contribution in [2.45, 2.75) is 13.8 Å². The van der Waals surface area contributed by atoms with Crippen molar-refractivity contribution in [1.82, 2.24) is 5.16 Å². The van der Waals surface area contributed by atoms with Gasteiger partial charge in [0.05, 0.1) is 25.5 Å². The number of methoxy groups -OCH3 is 2. The van der Waals surface area contributed by atoms with E-state index < -0.39 is 5.97 Å². The lowest BCUT2D eigenvalue weighted by Gasteiger charge is -2.11. The lowest BCUT2D eigenvalue weighted by Crippen LogP contribution is -2.00. The van der Waals surface area contributed by atoms with E-state index in [1.54, 1.807) is 26.2 Å². The molecule has 1 N–H and O–H groups in total. The van der Waals surface area contributed by atoms with Gasteiger partial charge in [0, 0.05) is 0 Å². The minimum atomic E-state index is -1.10. The van der Waals surface area contributed by atoms with E-state index in [2.05, 4.69) is 5.16 Å². The Balaban J connectivity index is 2.72. The van der Waals surface area contributed by atoms with Crippen molar-refractivity contribution in [1.29, 1.82) is 0 Å². The molecule has 2 aromatic rings. The summed E-state index contributed by atoms with van der Waals surface area (Å²) in [5.41, 5.74) is 1.71. The Labute approximate surface area is 115 Å². The number of hydrogen-bond donors (Lipinski definition) is 1. The molecule has 1 aromatic heterocycles. The van der Waals surface area contributed by atoms with E-state index in [-0.39, 0.29) is 11.3 Å². The molecule has 0 bridgehead atoms. The smallest absolute Gasteiger partial charge is 0.341 e. The first-order chi connectivity index (χ1) is 9.49. The Morgan fingerprint density at radius 1 is 1.20 bits per heavy atom. The maximum Gasteiger partial charge on any atom is 0.341 e. The maximum absolute atomic E-state index is 11.3. The number of rotatable bonds is 4. The second kappa shape index (κ2) is 5.24. The van der Waals surface area contributed by atoms with Gasteiger partial charge in [0.1, 0.15) is 17.1 Å². The summed E-state index contributed by atoms with van der Waals surface area (Å²) in [5, 5.41) is 13.0. The summed E-state index contributed by atoms with van der Waals surface area (Å²) in [6, 6.07) is 3.44. The Morgan fingerprint density at radius 3 is 2.40 bits per heavy atom. The summed E-state index contributed by atoms with van der Waals surface area (Å²) in [5.74, 6) is 0.179. The van der Waals surface area contributed by atoms with Crippen LogP contribution < -0.4 is 9.47 Å². The van der Waals surface area contributed by atoms with Gasteiger partial charge in [0.15, 0.2) is 5.76 Å². The lowest BCUT2D eigenvalue weighted by molar-refractivity contribution is 0.0696. The van der Waals surface area contributed by atoms with Gasteiger partial charge in [0.2, 0.25) is 0 Å². The molecular weight excluding hydrogens is 262 g/mol. The monoisotopic (exact) mass is 277 g/mol. The molecule has 0 aliphatic carbocycles. The first-order valence-corrected chi connectivity index (χ1v) is 5.92. The number of ether oxygens (including phenoxy) is 2. The molecule has 0 fully saturated rings. The second-order valence-corrected chi connectivity index (χ2v) is 4.30. The Kier molecular flexibility index (Phi) is 3.65. The van der Waals surface area contributed by atoms with Crippen molar-refractivity contribution in [3.63, 3.8) is 0 Å². The number of nitrogens with zero attached hydrogens (tertiary/aromatic N) is 1. The third-order valence-electron chi connectivity index (χ3n) is 3.04. The summed E-state index contributed by atoms with van der Waals surface area (Å²) in [6.45, 7) is 3.45.